The van der Waals surface area contributed by atoms with E-state index in [1.807, 2.05) is 0 Å². The van der Waals surface area contributed by atoms with E-state index in [1.165, 1.54) is 0 Å². The molecule has 0 aliphatic heterocycles. The van der Waals surface area contributed by atoms with Crippen LogP contribution in [0.15, 0.2) is 0 Å². The molecule has 0 radical (unpaired) electrons. The van der Waals surface area contributed by atoms with Crippen molar-refractivity contribution in [2.45, 2.75) is 26.1 Å². The van der Waals surface area contributed by atoms with Gasteiger partial charge in [0.2, 0.25) is 0 Å². The molecule has 0 fully saturated rings. The zero-order valence-corrected chi connectivity index (χ0v) is 7.07. The van der Waals surface area contributed by atoms with Gasteiger partial charge in [-0.05, 0) is 0 Å². The molecule has 0 rings (SSSR count). The largest absolute Gasteiger partial charge is 0.296 e. The van der Waals surface area contributed by atoms with E-state index in [0.717, 1.165) is 0 Å². The van der Waals surface area contributed by atoms with E-state index in [9.17, 15) is 4.79 Å². The Labute approximate surface area is 65.8 Å². The third-order valence-corrected chi connectivity index (χ3v) is 1.38. The molecule has 3 heteroatoms. The molecule has 1 atom stereocenters. The predicted octanol–water partition coefficient (Wildman–Crippen LogP) is 1.73. The second-order valence-corrected chi connectivity index (χ2v) is 3.54. The van der Waals surface area contributed by atoms with E-state index in [2.05, 4.69) is 0 Å². The molecule has 0 heterocycles. The minimum absolute atomic E-state index is 0.225. The SMILES string of the molecule is CC(C)(C)C(=O)C(Cl)C#N. The van der Waals surface area contributed by atoms with Gasteiger partial charge < -0.3 is 0 Å². The number of alkyl halides is 1. The Bertz CT molecular complexity index is 175. The van der Waals surface area contributed by atoms with Gasteiger partial charge in [-0.25, -0.2) is 0 Å². The predicted molar refractivity (Wildman–Crippen MR) is 39.7 cm³/mol. The molecule has 0 saturated heterocycles. The maximum Gasteiger partial charge on any atom is 0.179 e. The summed E-state index contributed by atoms with van der Waals surface area (Å²) >= 11 is 5.39. The monoisotopic (exact) mass is 159 g/mol. The number of halogens is 1. The third-order valence-electron chi connectivity index (χ3n) is 1.08. The summed E-state index contributed by atoms with van der Waals surface area (Å²) < 4.78 is 0. The third kappa shape index (κ3) is 2.36. The lowest BCUT2D eigenvalue weighted by molar-refractivity contribution is -0.124. The Morgan fingerprint density at radius 3 is 2.10 bits per heavy atom. The highest BCUT2D eigenvalue weighted by molar-refractivity contribution is 6.33. The second-order valence-electron chi connectivity index (χ2n) is 3.11. The van der Waals surface area contributed by atoms with E-state index in [0.29, 0.717) is 0 Å². The smallest absolute Gasteiger partial charge is 0.179 e. The number of ketones is 1. The fourth-order valence-electron chi connectivity index (χ4n) is 0.439. The highest BCUT2D eigenvalue weighted by Gasteiger charge is 2.27. The van der Waals surface area contributed by atoms with Crippen molar-refractivity contribution >= 4 is 17.4 Å². The van der Waals surface area contributed by atoms with Gasteiger partial charge in [0, 0.05) is 5.41 Å². The van der Waals surface area contributed by atoms with Gasteiger partial charge in [0.25, 0.3) is 0 Å². The fourth-order valence-corrected chi connectivity index (χ4v) is 0.766. The normalized spacial score (nSPS) is 13.9. The number of hydrogen-bond donors (Lipinski definition) is 0. The van der Waals surface area contributed by atoms with E-state index in [4.69, 9.17) is 16.9 Å². The molecule has 2 nitrogen and oxygen atoms in total. The highest BCUT2D eigenvalue weighted by Crippen LogP contribution is 2.18. The van der Waals surface area contributed by atoms with Crippen molar-refractivity contribution in [1.29, 1.82) is 5.26 Å². The first-order chi connectivity index (χ1) is 4.39. The summed E-state index contributed by atoms with van der Waals surface area (Å²) in [6.07, 6.45) is 0. The van der Waals surface area contributed by atoms with Crippen LogP contribution in [0, 0.1) is 16.7 Å². The van der Waals surface area contributed by atoms with Crippen LogP contribution in [-0.2, 0) is 4.79 Å². The summed E-state index contributed by atoms with van der Waals surface area (Å²) in [6, 6.07) is 1.69. The van der Waals surface area contributed by atoms with Gasteiger partial charge in [0.1, 0.15) is 0 Å². The molecular weight excluding hydrogens is 150 g/mol. The van der Waals surface area contributed by atoms with Crippen molar-refractivity contribution in [3.63, 3.8) is 0 Å². The van der Waals surface area contributed by atoms with Gasteiger partial charge in [-0.15, -0.1) is 0 Å². The lowest BCUT2D eigenvalue weighted by Gasteiger charge is -2.16. The molecule has 0 aromatic rings. The molecule has 0 aliphatic rings. The maximum absolute atomic E-state index is 11.0. The first-order valence-electron chi connectivity index (χ1n) is 2.97. The van der Waals surface area contributed by atoms with Crippen LogP contribution in [0.4, 0.5) is 0 Å². The summed E-state index contributed by atoms with van der Waals surface area (Å²) in [7, 11) is 0. The molecule has 0 aromatic heterocycles. The van der Waals surface area contributed by atoms with E-state index in [-0.39, 0.29) is 5.78 Å². The Morgan fingerprint density at radius 1 is 1.60 bits per heavy atom. The summed E-state index contributed by atoms with van der Waals surface area (Å²) in [5.74, 6) is -0.225. The lowest BCUT2D eigenvalue weighted by Crippen LogP contribution is -2.27. The summed E-state index contributed by atoms with van der Waals surface area (Å²) in [5, 5.41) is 7.27. The van der Waals surface area contributed by atoms with Crippen molar-refractivity contribution in [3.05, 3.63) is 0 Å². The van der Waals surface area contributed by atoms with E-state index in [1.54, 1.807) is 26.8 Å². The Balaban J connectivity index is 4.27. The van der Waals surface area contributed by atoms with Gasteiger partial charge in [-0.1, -0.05) is 32.4 Å². The highest BCUT2D eigenvalue weighted by atomic mass is 35.5. The molecule has 1 unspecified atom stereocenters. The Hall–Kier alpha value is -0.550. The van der Waals surface area contributed by atoms with E-state index >= 15 is 0 Å². The van der Waals surface area contributed by atoms with Crippen molar-refractivity contribution < 1.29 is 4.79 Å². The van der Waals surface area contributed by atoms with Gasteiger partial charge in [-0.3, -0.25) is 4.79 Å². The lowest BCUT2D eigenvalue weighted by atomic mass is 9.89. The average Bonchev–Trinajstić information content (AvgIpc) is 1.83. The first kappa shape index (κ1) is 9.45. The van der Waals surface area contributed by atoms with Crippen LogP contribution in [0.2, 0.25) is 0 Å². The number of rotatable bonds is 1. The number of hydrogen-bond acceptors (Lipinski definition) is 2. The van der Waals surface area contributed by atoms with Crippen LogP contribution < -0.4 is 0 Å². The minimum Gasteiger partial charge on any atom is -0.296 e. The quantitative estimate of drug-likeness (QED) is 0.547. The maximum atomic E-state index is 11.0. The van der Waals surface area contributed by atoms with Crippen LogP contribution in [0.5, 0.6) is 0 Å². The number of carbonyl (C=O) groups excluding carboxylic acids is 1. The van der Waals surface area contributed by atoms with Crippen molar-refractivity contribution in [3.8, 4) is 6.07 Å². The van der Waals surface area contributed by atoms with Crippen LogP contribution in [0.25, 0.3) is 0 Å². The molecule has 56 valence electrons. The van der Waals surface area contributed by atoms with Crippen molar-refractivity contribution in [1.82, 2.24) is 0 Å². The summed E-state index contributed by atoms with van der Waals surface area (Å²) in [5.41, 5.74) is -0.512. The minimum atomic E-state index is -1.00. The number of nitriles is 1. The standard InChI is InChI=1S/C7H10ClNO/c1-7(2,3)6(10)5(8)4-9/h5H,1-3H3. The average molecular weight is 160 g/mol. The van der Waals surface area contributed by atoms with Crippen LogP contribution >= 0.6 is 11.6 Å². The van der Waals surface area contributed by atoms with Crippen LogP contribution in [0.1, 0.15) is 20.8 Å². The molecule has 0 spiro atoms. The molecule has 0 N–H and O–H groups in total. The Kier molecular flexibility index (Phi) is 2.86. The molecule has 0 saturated carbocycles. The van der Waals surface area contributed by atoms with Crippen molar-refractivity contribution in [2.24, 2.45) is 5.41 Å². The topological polar surface area (TPSA) is 40.9 Å². The molecule has 0 aromatic carbocycles. The van der Waals surface area contributed by atoms with E-state index < -0.39 is 10.8 Å². The zero-order valence-electron chi connectivity index (χ0n) is 6.31. The van der Waals surface area contributed by atoms with Crippen LogP contribution in [0.3, 0.4) is 0 Å². The van der Waals surface area contributed by atoms with Crippen LogP contribution in [-0.4, -0.2) is 11.2 Å². The van der Waals surface area contributed by atoms with Gasteiger partial charge >= 0.3 is 0 Å². The fraction of sp³-hybridized carbons (Fsp3) is 0.714. The number of carbonyl (C=O) groups is 1. The molecule has 10 heavy (non-hydrogen) atoms. The molecule has 0 amide bonds. The van der Waals surface area contributed by atoms with Gasteiger partial charge in [-0.2, -0.15) is 5.26 Å². The zero-order chi connectivity index (χ0) is 8.36. The summed E-state index contributed by atoms with van der Waals surface area (Å²) in [4.78, 5) is 11.0. The van der Waals surface area contributed by atoms with Crippen molar-refractivity contribution in [2.75, 3.05) is 0 Å². The number of Topliss-reactive ketones (excluding diaryl/α,β-unsaturated/α-hetero) is 1. The molecule has 0 bridgehead atoms. The second kappa shape index (κ2) is 3.03. The van der Waals surface area contributed by atoms with Gasteiger partial charge in [0.05, 0.1) is 6.07 Å². The van der Waals surface area contributed by atoms with Gasteiger partial charge in [0.15, 0.2) is 11.2 Å². The first-order valence-corrected chi connectivity index (χ1v) is 3.41. The summed E-state index contributed by atoms with van der Waals surface area (Å²) in [6.45, 7) is 5.21. The Morgan fingerprint density at radius 2 is 2.00 bits per heavy atom. The number of nitrogens with zero attached hydrogens (tertiary/aromatic N) is 1. The molecule has 0 aliphatic carbocycles. The molecular formula is C7H10ClNO.